The molecule has 7 rings (SSSR count). The third-order valence-electron chi connectivity index (χ3n) is 13.3. The lowest BCUT2D eigenvalue weighted by Crippen LogP contribution is -2.66. The number of aliphatic hydroxyl groups is 3. The maximum atomic E-state index is 14.0. The number of furan rings is 1. The van der Waals surface area contributed by atoms with Gasteiger partial charge in [-0.25, -0.2) is 0 Å². The van der Waals surface area contributed by atoms with E-state index in [9.17, 15) is 34.5 Å². The quantitative estimate of drug-likeness (QED) is 0.144. The minimum atomic E-state index is -1.43. The molecule has 0 amide bonds. The summed E-state index contributed by atoms with van der Waals surface area (Å²) in [6, 6.07) is 2.03. The van der Waals surface area contributed by atoms with Crippen molar-refractivity contribution < 1.29 is 43.7 Å². The van der Waals surface area contributed by atoms with Crippen LogP contribution >= 0.6 is 0 Å². The van der Waals surface area contributed by atoms with Crippen molar-refractivity contribution in [1.29, 1.82) is 0 Å². The Morgan fingerprint density at radius 1 is 1.04 bits per heavy atom. The number of ketones is 3. The van der Waals surface area contributed by atoms with Crippen LogP contribution in [0.25, 0.3) is 0 Å². The topological polar surface area (TPSA) is 155 Å². The number of unbranched alkanes of at least 4 members (excludes halogenated alkanes) is 1. The number of aliphatic hydroxyl groups excluding tert-OH is 3. The molecule has 1 aromatic heterocycles. The van der Waals surface area contributed by atoms with Gasteiger partial charge in [-0.15, -0.1) is 0 Å². The highest BCUT2D eigenvalue weighted by molar-refractivity contribution is 6.06. The molecule has 5 aliphatic carbocycles. The molecule has 6 aliphatic rings. The molecule has 1 aliphatic heterocycles. The normalized spacial score (nSPS) is 43.5. The van der Waals surface area contributed by atoms with E-state index >= 15 is 0 Å². The number of allylic oxidation sites excluding steroid dienone is 8. The van der Waals surface area contributed by atoms with Crippen LogP contribution in [-0.2, 0) is 23.9 Å². The molecule has 0 aromatic carbocycles. The number of epoxide rings is 1. The van der Waals surface area contributed by atoms with Crippen molar-refractivity contribution >= 4 is 23.6 Å². The van der Waals surface area contributed by atoms with E-state index in [0.717, 1.165) is 32.1 Å². The SMILES string of the molecule is CC1(C)C(=O)C=CC2(C)C1=C(O)C(=O)C1(C)C2CCC2(C)C(c3ccoc3)CC3OC321.CCCC=CC=CC1CC(O)C(O)C(=O)C1C=O. The highest BCUT2D eigenvalue weighted by Crippen LogP contribution is 2.81. The van der Waals surface area contributed by atoms with Crippen LogP contribution < -0.4 is 0 Å². The summed E-state index contributed by atoms with van der Waals surface area (Å²) in [5, 5.41) is 30.3. The van der Waals surface area contributed by atoms with E-state index in [1.54, 1.807) is 24.5 Å². The molecule has 11 atom stereocenters. The van der Waals surface area contributed by atoms with Gasteiger partial charge < -0.3 is 29.3 Å². The summed E-state index contributed by atoms with van der Waals surface area (Å²) < 4.78 is 11.9. The molecule has 264 valence electrons. The number of hydrogen-bond donors (Lipinski definition) is 3. The van der Waals surface area contributed by atoms with E-state index in [2.05, 4.69) is 20.8 Å². The smallest absolute Gasteiger partial charge is 0.206 e. The van der Waals surface area contributed by atoms with Gasteiger partial charge in [0, 0.05) is 10.8 Å². The maximum absolute atomic E-state index is 14.0. The Balaban J connectivity index is 0.000000199. The van der Waals surface area contributed by atoms with Crippen molar-refractivity contribution in [1.82, 2.24) is 0 Å². The standard InChI is InChI=1S/C26H30O5.C14H20O4/c1-22(2)17(27)7-9-23(3)16-6-10-24(4)15(14-8-11-30-13-14)12-18-26(24,31-18)25(16,5)21(29)19(28)20(22)23;1-2-3-4-5-6-7-10-8-12(16)14(18)13(17)11(10)9-15/h7-9,11,13,15-16,18,28H,6,10,12H2,1-5H3;4-7,9-12,14,16,18H,2-3,8H2,1H3. The number of ether oxygens (including phenoxy) is 1. The first kappa shape index (κ1) is 35.4. The molecule has 4 fully saturated rings. The van der Waals surface area contributed by atoms with Crippen LogP contribution in [0, 0.1) is 39.4 Å². The first-order valence-electron chi connectivity index (χ1n) is 17.7. The molecule has 0 bridgehead atoms. The first-order valence-corrected chi connectivity index (χ1v) is 17.7. The van der Waals surface area contributed by atoms with Crippen molar-refractivity contribution in [3.05, 3.63) is 71.9 Å². The molecule has 1 saturated heterocycles. The summed E-state index contributed by atoms with van der Waals surface area (Å²) in [5.41, 5.74) is -1.40. The Hall–Kier alpha value is -3.40. The van der Waals surface area contributed by atoms with Gasteiger partial charge in [0.25, 0.3) is 0 Å². The first-order chi connectivity index (χ1) is 23.1. The lowest BCUT2D eigenvalue weighted by molar-refractivity contribution is -0.162. The molecule has 49 heavy (non-hydrogen) atoms. The zero-order valence-electron chi connectivity index (χ0n) is 29.3. The number of carbonyl (C=O) groups excluding carboxylic acids is 4. The second-order valence-corrected chi connectivity index (χ2v) is 16.1. The van der Waals surface area contributed by atoms with Crippen LogP contribution in [0.15, 0.2) is 70.8 Å². The zero-order valence-corrected chi connectivity index (χ0v) is 29.3. The van der Waals surface area contributed by atoms with E-state index in [4.69, 9.17) is 9.15 Å². The van der Waals surface area contributed by atoms with Gasteiger partial charge in [-0.3, -0.25) is 14.4 Å². The van der Waals surface area contributed by atoms with Crippen LogP contribution in [0.3, 0.4) is 0 Å². The summed E-state index contributed by atoms with van der Waals surface area (Å²) in [5.74, 6) is -2.08. The molecule has 0 radical (unpaired) electrons. The van der Waals surface area contributed by atoms with Gasteiger partial charge in [-0.1, -0.05) is 57.6 Å². The van der Waals surface area contributed by atoms with Crippen molar-refractivity contribution in [3.8, 4) is 0 Å². The second kappa shape index (κ2) is 12.1. The van der Waals surface area contributed by atoms with Crippen molar-refractivity contribution in [3.63, 3.8) is 0 Å². The lowest BCUT2D eigenvalue weighted by Gasteiger charge is -2.62. The molecule has 2 heterocycles. The van der Waals surface area contributed by atoms with Crippen molar-refractivity contribution in [2.24, 2.45) is 39.4 Å². The average Bonchev–Trinajstić information content (AvgIpc) is 3.41. The predicted molar refractivity (Wildman–Crippen MR) is 181 cm³/mol. The molecule has 11 unspecified atom stereocenters. The second-order valence-electron chi connectivity index (χ2n) is 16.1. The van der Waals surface area contributed by atoms with E-state index in [1.807, 2.05) is 51.3 Å². The largest absolute Gasteiger partial charge is 0.504 e. The molecular formula is C40H50O9. The van der Waals surface area contributed by atoms with Gasteiger partial charge in [0.15, 0.2) is 17.3 Å². The Kier molecular flexibility index (Phi) is 8.77. The monoisotopic (exact) mass is 674 g/mol. The molecule has 1 aromatic rings. The highest BCUT2D eigenvalue weighted by Gasteiger charge is 2.87. The van der Waals surface area contributed by atoms with Gasteiger partial charge >= 0.3 is 0 Å². The molecule has 3 N–H and O–H groups in total. The number of carbonyl (C=O) groups is 4. The zero-order chi connectivity index (χ0) is 35.7. The van der Waals surface area contributed by atoms with E-state index in [-0.39, 0.29) is 53.0 Å². The number of rotatable bonds is 6. The van der Waals surface area contributed by atoms with Gasteiger partial charge in [0.1, 0.15) is 18.0 Å². The predicted octanol–water partition coefficient (Wildman–Crippen LogP) is 5.92. The summed E-state index contributed by atoms with van der Waals surface area (Å²) >= 11 is 0. The maximum Gasteiger partial charge on any atom is 0.206 e. The van der Waals surface area contributed by atoms with Crippen LogP contribution in [0.4, 0.5) is 0 Å². The number of hydrogen-bond acceptors (Lipinski definition) is 9. The Morgan fingerprint density at radius 3 is 2.43 bits per heavy atom. The molecule has 9 nitrogen and oxygen atoms in total. The third kappa shape index (κ3) is 4.82. The minimum absolute atomic E-state index is 0.00527. The number of aldehydes is 1. The van der Waals surface area contributed by atoms with Crippen molar-refractivity contribution in [2.45, 2.75) is 110 Å². The third-order valence-corrected chi connectivity index (χ3v) is 13.3. The average molecular weight is 675 g/mol. The van der Waals surface area contributed by atoms with E-state index in [1.165, 1.54) is 5.56 Å². The Labute approximate surface area is 288 Å². The summed E-state index contributed by atoms with van der Waals surface area (Å²) in [7, 11) is 0. The minimum Gasteiger partial charge on any atom is -0.504 e. The van der Waals surface area contributed by atoms with Crippen molar-refractivity contribution in [2.75, 3.05) is 0 Å². The molecular weight excluding hydrogens is 624 g/mol. The van der Waals surface area contributed by atoms with E-state index in [0.29, 0.717) is 11.9 Å². The summed E-state index contributed by atoms with van der Waals surface area (Å²) in [6.45, 7) is 12.1. The summed E-state index contributed by atoms with van der Waals surface area (Å²) in [6.07, 6.45) is 17.5. The number of fused-ring (bicyclic) bond motifs is 3. The van der Waals surface area contributed by atoms with Gasteiger partial charge in [-0.05, 0) is 93.9 Å². The fraction of sp³-hybridized carbons (Fsp3) is 0.600. The lowest BCUT2D eigenvalue weighted by atomic mass is 9.39. The van der Waals surface area contributed by atoms with Crippen LogP contribution in [-0.4, -0.2) is 62.9 Å². The van der Waals surface area contributed by atoms with Crippen LogP contribution in [0.2, 0.25) is 0 Å². The van der Waals surface area contributed by atoms with Gasteiger partial charge in [0.2, 0.25) is 5.78 Å². The number of Topliss-reactive ketones (excluding diaryl/α,β-unsaturated/α-hetero) is 2. The van der Waals surface area contributed by atoms with E-state index < -0.39 is 45.8 Å². The fourth-order valence-electron chi connectivity index (χ4n) is 10.8. The molecule has 1 spiro atoms. The molecule has 3 saturated carbocycles. The molecule has 9 heteroatoms. The Morgan fingerprint density at radius 2 is 1.78 bits per heavy atom. The fourth-order valence-corrected chi connectivity index (χ4v) is 10.8. The summed E-state index contributed by atoms with van der Waals surface area (Å²) in [4.78, 5) is 49.3. The van der Waals surface area contributed by atoms with Gasteiger partial charge in [0.05, 0.1) is 41.5 Å². The van der Waals surface area contributed by atoms with Crippen LogP contribution in [0.1, 0.15) is 91.5 Å². The Bertz CT molecular complexity index is 1650. The van der Waals surface area contributed by atoms with Gasteiger partial charge in [-0.2, -0.15) is 0 Å². The van der Waals surface area contributed by atoms with Crippen LogP contribution in [0.5, 0.6) is 0 Å². The highest BCUT2D eigenvalue weighted by atomic mass is 16.6.